The van der Waals surface area contributed by atoms with E-state index in [4.69, 9.17) is 19.4 Å². The first kappa shape index (κ1) is 27.6. The van der Waals surface area contributed by atoms with Crippen LogP contribution < -0.4 is 14.8 Å². The number of methoxy groups -OCH3 is 2. The van der Waals surface area contributed by atoms with Gasteiger partial charge in [-0.05, 0) is 54.1 Å². The zero-order valence-corrected chi connectivity index (χ0v) is 23.8. The van der Waals surface area contributed by atoms with E-state index in [1.807, 2.05) is 12.1 Å². The number of nitrogens with one attached hydrogen (secondary N) is 1. The molecule has 38 heavy (non-hydrogen) atoms. The molecule has 0 bridgehead atoms. The number of aromatic nitrogens is 2. The minimum Gasteiger partial charge on any atom is -0.493 e. The van der Waals surface area contributed by atoms with Gasteiger partial charge in [0.2, 0.25) is 0 Å². The van der Waals surface area contributed by atoms with E-state index < -0.39 is 0 Å². The van der Waals surface area contributed by atoms with Crippen LogP contribution in [0.1, 0.15) is 40.5 Å². The first-order chi connectivity index (χ1) is 18.4. The Balaban J connectivity index is 1.58. The number of nitrogens with zero attached hydrogens (tertiary/aromatic N) is 3. The van der Waals surface area contributed by atoms with Gasteiger partial charge >= 0.3 is 0 Å². The lowest BCUT2D eigenvalue weighted by Gasteiger charge is -2.26. The highest BCUT2D eigenvalue weighted by molar-refractivity contribution is 5.94. The maximum absolute atomic E-state index is 5.58. The minimum atomic E-state index is 0.657. The highest BCUT2D eigenvalue weighted by Gasteiger charge is 2.15. The van der Waals surface area contributed by atoms with Crippen molar-refractivity contribution in [3.63, 3.8) is 0 Å². The Bertz CT molecular complexity index is 1340. The third-order valence-corrected chi connectivity index (χ3v) is 6.65. The first-order valence-electron chi connectivity index (χ1n) is 13.8. The SMILES string of the molecule is COc1cc2nc(-c3ccc4ccccc4c3)nc(NCCCCN(CC(C)C)CC(C)C)c2cc1OC. The average Bonchev–Trinajstić information content (AvgIpc) is 2.90. The van der Waals surface area contributed by atoms with Crippen LogP contribution in [-0.2, 0) is 0 Å². The molecule has 6 nitrogen and oxygen atoms in total. The van der Waals surface area contributed by atoms with E-state index in [1.54, 1.807) is 14.2 Å². The summed E-state index contributed by atoms with van der Waals surface area (Å²) < 4.78 is 11.1. The van der Waals surface area contributed by atoms with Crippen molar-refractivity contribution in [1.29, 1.82) is 0 Å². The molecule has 0 amide bonds. The summed E-state index contributed by atoms with van der Waals surface area (Å²) in [4.78, 5) is 12.5. The van der Waals surface area contributed by atoms with Crippen LogP contribution in [0.4, 0.5) is 5.82 Å². The van der Waals surface area contributed by atoms with Crippen molar-refractivity contribution in [3.8, 4) is 22.9 Å². The molecule has 202 valence electrons. The van der Waals surface area contributed by atoms with Gasteiger partial charge in [0, 0.05) is 36.7 Å². The molecule has 0 spiro atoms. The lowest BCUT2D eigenvalue weighted by molar-refractivity contribution is 0.216. The molecule has 6 heteroatoms. The van der Waals surface area contributed by atoms with Gasteiger partial charge in [-0.3, -0.25) is 0 Å². The molecule has 1 N–H and O–H groups in total. The summed E-state index contributed by atoms with van der Waals surface area (Å²) in [7, 11) is 3.30. The second-order valence-corrected chi connectivity index (χ2v) is 10.9. The summed E-state index contributed by atoms with van der Waals surface area (Å²) in [5.74, 6) is 4.20. The van der Waals surface area contributed by atoms with Crippen molar-refractivity contribution in [2.75, 3.05) is 45.7 Å². The van der Waals surface area contributed by atoms with Gasteiger partial charge in [-0.1, -0.05) is 64.1 Å². The van der Waals surface area contributed by atoms with E-state index >= 15 is 0 Å². The van der Waals surface area contributed by atoms with Crippen molar-refractivity contribution in [2.24, 2.45) is 11.8 Å². The number of ether oxygens (including phenoxy) is 2. The molecule has 0 atom stereocenters. The fourth-order valence-electron chi connectivity index (χ4n) is 5.01. The standard InChI is InChI=1S/C32H42N4O2/c1-22(2)20-36(21-23(3)4)16-10-9-15-33-32-27-18-29(37-5)30(38-6)19-28(27)34-31(35-32)26-14-13-24-11-7-8-12-25(24)17-26/h7-8,11-14,17-19,22-23H,9-10,15-16,20-21H2,1-6H3,(H,33,34,35). The summed E-state index contributed by atoms with van der Waals surface area (Å²) in [5, 5.41) is 6.91. The van der Waals surface area contributed by atoms with Gasteiger partial charge < -0.3 is 19.7 Å². The smallest absolute Gasteiger partial charge is 0.162 e. The number of unbranched alkanes of at least 4 members (excludes halogenated alkanes) is 1. The normalized spacial score (nSPS) is 11.7. The van der Waals surface area contributed by atoms with Gasteiger partial charge in [-0.25, -0.2) is 9.97 Å². The Kier molecular flexibility index (Phi) is 9.40. The lowest BCUT2D eigenvalue weighted by atomic mass is 10.1. The van der Waals surface area contributed by atoms with E-state index in [1.165, 1.54) is 10.8 Å². The van der Waals surface area contributed by atoms with Crippen molar-refractivity contribution < 1.29 is 9.47 Å². The van der Waals surface area contributed by atoms with Gasteiger partial charge in [0.15, 0.2) is 17.3 Å². The number of hydrogen-bond acceptors (Lipinski definition) is 6. The molecule has 1 heterocycles. The molecule has 1 aromatic heterocycles. The van der Waals surface area contributed by atoms with Crippen LogP contribution in [0.5, 0.6) is 11.5 Å². The van der Waals surface area contributed by atoms with E-state index in [9.17, 15) is 0 Å². The van der Waals surface area contributed by atoms with Crippen LogP contribution in [0.15, 0.2) is 54.6 Å². The highest BCUT2D eigenvalue weighted by atomic mass is 16.5. The Morgan fingerprint density at radius 2 is 1.47 bits per heavy atom. The number of benzene rings is 3. The number of rotatable bonds is 13. The molecule has 0 saturated carbocycles. The van der Waals surface area contributed by atoms with E-state index in [0.717, 1.165) is 61.3 Å². The van der Waals surface area contributed by atoms with Crippen LogP contribution in [-0.4, -0.2) is 55.3 Å². The van der Waals surface area contributed by atoms with Gasteiger partial charge in [0.25, 0.3) is 0 Å². The average molecular weight is 515 g/mol. The molecule has 0 unspecified atom stereocenters. The van der Waals surface area contributed by atoms with Gasteiger partial charge in [-0.2, -0.15) is 0 Å². The van der Waals surface area contributed by atoms with Gasteiger partial charge in [0.05, 0.1) is 19.7 Å². The maximum atomic E-state index is 5.58. The second kappa shape index (κ2) is 12.9. The fraction of sp³-hybridized carbons (Fsp3) is 0.438. The van der Waals surface area contributed by atoms with E-state index in [-0.39, 0.29) is 0 Å². The van der Waals surface area contributed by atoms with Crippen LogP contribution in [0.2, 0.25) is 0 Å². The second-order valence-electron chi connectivity index (χ2n) is 10.9. The summed E-state index contributed by atoms with van der Waals surface area (Å²) in [5.41, 5.74) is 1.81. The molecule has 3 aromatic carbocycles. The predicted octanol–water partition coefficient (Wildman–Crippen LogP) is 7.27. The molecule has 0 saturated heterocycles. The summed E-state index contributed by atoms with van der Waals surface area (Å²) in [6.07, 6.45) is 2.21. The number of anilines is 1. The van der Waals surface area contributed by atoms with Crippen molar-refractivity contribution >= 4 is 27.5 Å². The largest absolute Gasteiger partial charge is 0.493 e. The first-order valence-corrected chi connectivity index (χ1v) is 13.8. The van der Waals surface area contributed by atoms with Crippen molar-refractivity contribution in [3.05, 3.63) is 54.6 Å². The molecule has 4 aromatic rings. The monoisotopic (exact) mass is 514 g/mol. The van der Waals surface area contributed by atoms with Crippen LogP contribution in [0.3, 0.4) is 0 Å². The fourth-order valence-corrected chi connectivity index (χ4v) is 5.01. The molecule has 0 aliphatic rings. The van der Waals surface area contributed by atoms with Crippen LogP contribution >= 0.6 is 0 Å². The molecular weight excluding hydrogens is 472 g/mol. The van der Waals surface area contributed by atoms with Crippen molar-refractivity contribution in [1.82, 2.24) is 14.9 Å². The van der Waals surface area contributed by atoms with Crippen molar-refractivity contribution in [2.45, 2.75) is 40.5 Å². The quantitative estimate of drug-likeness (QED) is 0.189. The zero-order chi connectivity index (χ0) is 27.1. The van der Waals surface area contributed by atoms with Crippen LogP contribution in [0.25, 0.3) is 33.1 Å². The topological polar surface area (TPSA) is 59.5 Å². The third kappa shape index (κ3) is 6.93. The van der Waals surface area contributed by atoms with E-state index in [2.05, 4.69) is 80.4 Å². The zero-order valence-electron chi connectivity index (χ0n) is 23.8. The summed E-state index contributed by atoms with van der Waals surface area (Å²) >= 11 is 0. The molecule has 0 fully saturated rings. The molecule has 0 aliphatic heterocycles. The summed E-state index contributed by atoms with van der Waals surface area (Å²) in [6, 6.07) is 18.6. The molecule has 0 aliphatic carbocycles. The van der Waals surface area contributed by atoms with E-state index in [0.29, 0.717) is 29.2 Å². The van der Waals surface area contributed by atoms with Crippen LogP contribution in [0, 0.1) is 11.8 Å². The van der Waals surface area contributed by atoms with Gasteiger partial charge in [-0.15, -0.1) is 0 Å². The highest BCUT2D eigenvalue weighted by Crippen LogP contribution is 2.35. The Morgan fingerprint density at radius 1 is 0.789 bits per heavy atom. The lowest BCUT2D eigenvalue weighted by Crippen LogP contribution is -2.32. The Morgan fingerprint density at radius 3 is 2.16 bits per heavy atom. The third-order valence-electron chi connectivity index (χ3n) is 6.65. The molecule has 0 radical (unpaired) electrons. The predicted molar refractivity (Wildman–Crippen MR) is 159 cm³/mol. The molecule has 4 rings (SSSR count). The number of hydrogen-bond donors (Lipinski definition) is 1. The minimum absolute atomic E-state index is 0.657. The Hall–Kier alpha value is -3.38. The Labute approximate surface area is 227 Å². The number of fused-ring (bicyclic) bond motifs is 2. The maximum Gasteiger partial charge on any atom is 0.162 e. The van der Waals surface area contributed by atoms with Gasteiger partial charge in [0.1, 0.15) is 5.82 Å². The molecular formula is C32H42N4O2. The summed E-state index contributed by atoms with van der Waals surface area (Å²) in [6.45, 7) is 13.5.